The SMILES string of the molecule is CC(=O)C1=C[C@@H]2CC[C@@H]1C2. The molecule has 0 aliphatic heterocycles. The summed E-state index contributed by atoms with van der Waals surface area (Å²) in [5.74, 6) is 1.69. The van der Waals surface area contributed by atoms with Crippen LogP contribution in [0.1, 0.15) is 26.2 Å². The summed E-state index contributed by atoms with van der Waals surface area (Å²) < 4.78 is 0. The molecule has 0 unspecified atom stereocenters. The number of rotatable bonds is 1. The zero-order valence-electron chi connectivity index (χ0n) is 6.26. The minimum absolute atomic E-state index is 0.298. The van der Waals surface area contributed by atoms with Crippen molar-refractivity contribution in [2.24, 2.45) is 11.8 Å². The van der Waals surface area contributed by atoms with Crippen LogP contribution in [0.15, 0.2) is 11.6 Å². The summed E-state index contributed by atoms with van der Waals surface area (Å²) >= 11 is 0. The fraction of sp³-hybridized carbons (Fsp3) is 0.667. The van der Waals surface area contributed by atoms with E-state index in [4.69, 9.17) is 0 Å². The van der Waals surface area contributed by atoms with Gasteiger partial charge in [-0.25, -0.2) is 0 Å². The van der Waals surface area contributed by atoms with E-state index in [-0.39, 0.29) is 0 Å². The third-order valence-corrected chi connectivity index (χ3v) is 2.73. The second-order valence-corrected chi connectivity index (χ2v) is 3.45. The lowest BCUT2D eigenvalue weighted by atomic mass is 9.96. The number of Topliss-reactive ketones (excluding diaryl/α,β-unsaturated/α-hetero) is 1. The number of carbonyl (C=O) groups excluding carboxylic acids is 1. The van der Waals surface area contributed by atoms with Gasteiger partial charge in [-0.05, 0) is 43.6 Å². The summed E-state index contributed by atoms with van der Waals surface area (Å²) in [6.45, 7) is 1.69. The lowest BCUT2D eigenvalue weighted by molar-refractivity contribution is -0.114. The Bertz CT molecular complexity index is 203. The molecule has 2 rings (SSSR count). The minimum atomic E-state index is 0.298. The highest BCUT2D eigenvalue weighted by atomic mass is 16.1. The fourth-order valence-electron chi connectivity index (χ4n) is 2.25. The van der Waals surface area contributed by atoms with Gasteiger partial charge in [0, 0.05) is 0 Å². The van der Waals surface area contributed by atoms with Crippen molar-refractivity contribution >= 4 is 5.78 Å². The zero-order valence-corrected chi connectivity index (χ0v) is 6.26. The van der Waals surface area contributed by atoms with E-state index in [0.29, 0.717) is 11.7 Å². The highest BCUT2D eigenvalue weighted by molar-refractivity contribution is 5.94. The quantitative estimate of drug-likeness (QED) is 0.538. The molecule has 0 aromatic rings. The Morgan fingerprint density at radius 2 is 2.40 bits per heavy atom. The van der Waals surface area contributed by atoms with Gasteiger partial charge in [0.2, 0.25) is 0 Å². The van der Waals surface area contributed by atoms with Crippen molar-refractivity contribution in [2.75, 3.05) is 0 Å². The molecule has 10 heavy (non-hydrogen) atoms. The van der Waals surface area contributed by atoms with Gasteiger partial charge in [-0.1, -0.05) is 6.08 Å². The van der Waals surface area contributed by atoms with Gasteiger partial charge in [0.25, 0.3) is 0 Å². The highest BCUT2D eigenvalue weighted by Crippen LogP contribution is 2.43. The van der Waals surface area contributed by atoms with Crippen molar-refractivity contribution in [1.29, 1.82) is 0 Å². The number of hydrogen-bond donors (Lipinski definition) is 0. The van der Waals surface area contributed by atoms with Gasteiger partial charge in [-0.3, -0.25) is 4.79 Å². The molecular formula is C9H12O. The normalized spacial score (nSPS) is 36.3. The minimum Gasteiger partial charge on any atom is -0.295 e. The molecule has 0 radical (unpaired) electrons. The van der Waals surface area contributed by atoms with Crippen LogP contribution in [0, 0.1) is 11.8 Å². The smallest absolute Gasteiger partial charge is 0.155 e. The first kappa shape index (κ1) is 6.14. The molecule has 0 N–H and O–H groups in total. The Kier molecular flexibility index (Phi) is 1.19. The lowest BCUT2D eigenvalue weighted by Crippen LogP contribution is -2.05. The van der Waals surface area contributed by atoms with E-state index >= 15 is 0 Å². The van der Waals surface area contributed by atoms with Gasteiger partial charge in [0.05, 0.1) is 0 Å². The van der Waals surface area contributed by atoms with Crippen LogP contribution < -0.4 is 0 Å². The van der Waals surface area contributed by atoms with Gasteiger partial charge in [0.15, 0.2) is 5.78 Å². The van der Waals surface area contributed by atoms with E-state index in [9.17, 15) is 4.79 Å². The van der Waals surface area contributed by atoms with Crippen LogP contribution in [0.4, 0.5) is 0 Å². The molecular weight excluding hydrogens is 124 g/mol. The summed E-state index contributed by atoms with van der Waals surface area (Å²) in [4.78, 5) is 11.0. The van der Waals surface area contributed by atoms with Crippen LogP contribution in [-0.2, 0) is 4.79 Å². The number of ketones is 1. The summed E-state index contributed by atoms with van der Waals surface area (Å²) in [5.41, 5.74) is 1.12. The molecule has 2 aliphatic rings. The molecule has 2 atom stereocenters. The van der Waals surface area contributed by atoms with Gasteiger partial charge < -0.3 is 0 Å². The number of carbonyl (C=O) groups is 1. The highest BCUT2D eigenvalue weighted by Gasteiger charge is 2.34. The molecule has 2 bridgehead atoms. The Morgan fingerprint density at radius 1 is 1.60 bits per heavy atom. The predicted octanol–water partition coefficient (Wildman–Crippen LogP) is 1.93. The first-order chi connectivity index (χ1) is 4.77. The predicted molar refractivity (Wildman–Crippen MR) is 39.6 cm³/mol. The summed E-state index contributed by atoms with van der Waals surface area (Å²) in [5, 5.41) is 0. The summed E-state index contributed by atoms with van der Waals surface area (Å²) in [7, 11) is 0. The number of hydrogen-bond acceptors (Lipinski definition) is 1. The summed E-state index contributed by atoms with van der Waals surface area (Å²) in [6, 6.07) is 0. The van der Waals surface area contributed by atoms with Crippen molar-refractivity contribution in [3.8, 4) is 0 Å². The molecule has 2 aliphatic carbocycles. The fourth-order valence-corrected chi connectivity index (χ4v) is 2.25. The van der Waals surface area contributed by atoms with Crippen LogP contribution >= 0.6 is 0 Å². The first-order valence-electron chi connectivity index (χ1n) is 4.00. The maximum Gasteiger partial charge on any atom is 0.155 e. The van der Waals surface area contributed by atoms with Crippen LogP contribution in [0.3, 0.4) is 0 Å². The first-order valence-corrected chi connectivity index (χ1v) is 4.00. The lowest BCUT2D eigenvalue weighted by Gasteiger charge is -2.08. The molecule has 54 valence electrons. The Morgan fingerprint density at radius 3 is 2.70 bits per heavy atom. The van der Waals surface area contributed by atoms with Crippen LogP contribution in [0.5, 0.6) is 0 Å². The van der Waals surface area contributed by atoms with E-state index < -0.39 is 0 Å². The largest absolute Gasteiger partial charge is 0.295 e. The average Bonchev–Trinajstić information content (AvgIpc) is 2.44. The molecule has 0 amide bonds. The molecule has 1 heteroatoms. The molecule has 0 heterocycles. The standard InChI is InChI=1S/C9H12O/c1-6(10)9-5-7-2-3-8(9)4-7/h5,7-8H,2-4H2,1H3/t7-,8-/m1/s1. The van der Waals surface area contributed by atoms with Crippen molar-refractivity contribution in [3.05, 3.63) is 11.6 Å². The topological polar surface area (TPSA) is 17.1 Å². The van der Waals surface area contributed by atoms with Gasteiger partial charge in [0.1, 0.15) is 0 Å². The molecule has 0 aromatic heterocycles. The maximum atomic E-state index is 11.0. The van der Waals surface area contributed by atoms with E-state index in [1.54, 1.807) is 6.92 Å². The van der Waals surface area contributed by atoms with E-state index in [1.165, 1.54) is 19.3 Å². The van der Waals surface area contributed by atoms with Gasteiger partial charge >= 0.3 is 0 Å². The van der Waals surface area contributed by atoms with Crippen LogP contribution in [0.2, 0.25) is 0 Å². The van der Waals surface area contributed by atoms with Crippen LogP contribution in [0.25, 0.3) is 0 Å². The number of allylic oxidation sites excluding steroid dienone is 2. The van der Waals surface area contributed by atoms with E-state index in [1.807, 2.05) is 0 Å². The maximum absolute atomic E-state index is 11.0. The monoisotopic (exact) mass is 136 g/mol. The van der Waals surface area contributed by atoms with E-state index in [0.717, 1.165) is 11.5 Å². The molecule has 0 aromatic carbocycles. The molecule has 0 saturated heterocycles. The van der Waals surface area contributed by atoms with Gasteiger partial charge in [-0.2, -0.15) is 0 Å². The second-order valence-electron chi connectivity index (χ2n) is 3.45. The third kappa shape index (κ3) is 0.731. The van der Waals surface area contributed by atoms with Crippen molar-refractivity contribution < 1.29 is 4.79 Å². The van der Waals surface area contributed by atoms with Gasteiger partial charge in [-0.15, -0.1) is 0 Å². The van der Waals surface area contributed by atoms with E-state index in [2.05, 4.69) is 6.08 Å². The Hall–Kier alpha value is -0.590. The van der Waals surface area contributed by atoms with Crippen molar-refractivity contribution in [2.45, 2.75) is 26.2 Å². The Labute approximate surface area is 61.1 Å². The zero-order chi connectivity index (χ0) is 7.14. The third-order valence-electron chi connectivity index (χ3n) is 2.73. The molecule has 1 fully saturated rings. The van der Waals surface area contributed by atoms with Crippen molar-refractivity contribution in [1.82, 2.24) is 0 Å². The number of fused-ring (bicyclic) bond motifs is 2. The van der Waals surface area contributed by atoms with Crippen molar-refractivity contribution in [3.63, 3.8) is 0 Å². The average molecular weight is 136 g/mol. The second kappa shape index (κ2) is 1.94. The summed E-state index contributed by atoms with van der Waals surface area (Å²) in [6.07, 6.45) is 6.03. The molecule has 0 spiro atoms. The molecule has 1 saturated carbocycles. The molecule has 1 nitrogen and oxygen atoms in total. The Balaban J connectivity index is 2.25. The van der Waals surface area contributed by atoms with Crippen LogP contribution in [-0.4, -0.2) is 5.78 Å².